The van der Waals surface area contributed by atoms with Crippen LogP contribution in [0.5, 0.6) is 0 Å². The summed E-state index contributed by atoms with van der Waals surface area (Å²) in [4.78, 5) is 12.3. The van der Waals surface area contributed by atoms with E-state index in [1.165, 1.54) is 17.7 Å². The summed E-state index contributed by atoms with van der Waals surface area (Å²) in [6.07, 6.45) is 2.38. The van der Waals surface area contributed by atoms with E-state index in [4.69, 9.17) is 4.98 Å². The van der Waals surface area contributed by atoms with Crippen LogP contribution in [0.1, 0.15) is 35.2 Å². The lowest BCUT2D eigenvalue weighted by atomic mass is 10.0. The Kier molecular flexibility index (Phi) is 5.73. The highest BCUT2D eigenvalue weighted by Gasteiger charge is 2.30. The molecule has 0 saturated carbocycles. The second kappa shape index (κ2) is 8.42. The van der Waals surface area contributed by atoms with Gasteiger partial charge in [-0.05, 0) is 56.9 Å². The van der Waals surface area contributed by atoms with Crippen LogP contribution >= 0.6 is 0 Å². The Bertz CT molecular complexity index is 908. The van der Waals surface area contributed by atoms with Crippen molar-refractivity contribution in [3.8, 4) is 6.07 Å². The standard InChI is InChI=1S/C24H31N5/c1-18-7-4-5-9-23(18)28-13-11-27(12-14-28)21-8-6-10-29(17-21)24-22(16-25)19(2)15-20(3)26-24/h4-5,7,9,15,21H,6,8,10-14,17H2,1-3H3/t21-/m0/s1. The first-order valence-corrected chi connectivity index (χ1v) is 10.7. The number of piperazine rings is 1. The van der Waals surface area contributed by atoms with Gasteiger partial charge in [0.15, 0.2) is 0 Å². The number of piperidine rings is 1. The van der Waals surface area contributed by atoms with E-state index in [1.54, 1.807) is 0 Å². The lowest BCUT2D eigenvalue weighted by Gasteiger charge is -2.44. The van der Waals surface area contributed by atoms with E-state index >= 15 is 0 Å². The fraction of sp³-hybridized carbons (Fsp3) is 0.500. The van der Waals surface area contributed by atoms with Gasteiger partial charge in [-0.3, -0.25) is 4.90 Å². The monoisotopic (exact) mass is 389 g/mol. The smallest absolute Gasteiger partial charge is 0.147 e. The molecule has 0 amide bonds. The molecule has 0 bridgehead atoms. The third kappa shape index (κ3) is 4.09. The van der Waals surface area contributed by atoms with Crippen LogP contribution in [-0.4, -0.2) is 55.2 Å². The van der Waals surface area contributed by atoms with Crippen molar-refractivity contribution in [1.82, 2.24) is 9.88 Å². The molecule has 1 atom stereocenters. The number of aryl methyl sites for hydroxylation is 3. The number of hydrogen-bond donors (Lipinski definition) is 0. The average molecular weight is 390 g/mol. The summed E-state index contributed by atoms with van der Waals surface area (Å²) in [6, 6.07) is 13.6. The number of para-hydroxylation sites is 1. The van der Waals surface area contributed by atoms with Crippen molar-refractivity contribution in [2.75, 3.05) is 49.1 Å². The van der Waals surface area contributed by atoms with E-state index in [0.717, 1.165) is 68.3 Å². The molecule has 0 N–H and O–H groups in total. The van der Waals surface area contributed by atoms with Gasteiger partial charge in [0.1, 0.15) is 11.9 Å². The topological polar surface area (TPSA) is 46.4 Å². The molecule has 2 aliphatic heterocycles. The van der Waals surface area contributed by atoms with Crippen LogP contribution in [0.25, 0.3) is 0 Å². The number of rotatable bonds is 3. The third-order valence-electron chi connectivity index (χ3n) is 6.42. The molecule has 1 aromatic carbocycles. The van der Waals surface area contributed by atoms with E-state index in [-0.39, 0.29) is 0 Å². The number of aromatic nitrogens is 1. The maximum absolute atomic E-state index is 9.66. The predicted octanol–water partition coefficient (Wildman–Crippen LogP) is 3.67. The Hall–Kier alpha value is -2.58. The predicted molar refractivity (Wildman–Crippen MR) is 119 cm³/mol. The van der Waals surface area contributed by atoms with E-state index < -0.39 is 0 Å². The molecule has 4 rings (SSSR count). The second-order valence-electron chi connectivity index (χ2n) is 8.44. The second-order valence-corrected chi connectivity index (χ2v) is 8.44. The van der Waals surface area contributed by atoms with E-state index in [2.05, 4.69) is 52.0 Å². The number of anilines is 2. The van der Waals surface area contributed by atoms with Crippen molar-refractivity contribution in [3.05, 3.63) is 52.7 Å². The maximum Gasteiger partial charge on any atom is 0.147 e. The van der Waals surface area contributed by atoms with Gasteiger partial charge >= 0.3 is 0 Å². The van der Waals surface area contributed by atoms with Gasteiger partial charge in [0.2, 0.25) is 0 Å². The molecule has 2 aliphatic rings. The lowest BCUT2D eigenvalue weighted by Crippen LogP contribution is -2.55. The summed E-state index contributed by atoms with van der Waals surface area (Å²) in [5.41, 5.74) is 5.49. The van der Waals surface area contributed by atoms with E-state index in [9.17, 15) is 5.26 Å². The van der Waals surface area contributed by atoms with Crippen LogP contribution in [0.2, 0.25) is 0 Å². The highest BCUT2D eigenvalue weighted by molar-refractivity contribution is 5.58. The molecule has 29 heavy (non-hydrogen) atoms. The summed E-state index contributed by atoms with van der Waals surface area (Å²) >= 11 is 0. The number of benzene rings is 1. The van der Waals surface area contributed by atoms with Gasteiger partial charge in [-0.15, -0.1) is 0 Å². The summed E-state index contributed by atoms with van der Waals surface area (Å²) in [5.74, 6) is 0.883. The van der Waals surface area contributed by atoms with Gasteiger partial charge < -0.3 is 9.80 Å². The molecular weight excluding hydrogens is 358 g/mol. The third-order valence-corrected chi connectivity index (χ3v) is 6.42. The Labute approximate surface area is 174 Å². The molecule has 3 heterocycles. The van der Waals surface area contributed by atoms with Gasteiger partial charge in [-0.2, -0.15) is 5.26 Å². The fourth-order valence-corrected chi connectivity index (χ4v) is 4.88. The van der Waals surface area contributed by atoms with Crippen molar-refractivity contribution >= 4 is 11.5 Å². The van der Waals surface area contributed by atoms with Crippen LogP contribution in [0, 0.1) is 32.1 Å². The van der Waals surface area contributed by atoms with Gasteiger partial charge in [-0.25, -0.2) is 4.98 Å². The Balaban J connectivity index is 1.44. The summed E-state index contributed by atoms with van der Waals surface area (Å²) in [5, 5.41) is 9.66. The van der Waals surface area contributed by atoms with Gasteiger partial charge in [0.25, 0.3) is 0 Å². The number of pyridine rings is 1. The first-order chi connectivity index (χ1) is 14.1. The highest BCUT2D eigenvalue weighted by Crippen LogP contribution is 2.28. The Morgan fingerprint density at radius 3 is 2.45 bits per heavy atom. The van der Waals surface area contributed by atoms with Crippen LogP contribution in [-0.2, 0) is 0 Å². The summed E-state index contributed by atoms with van der Waals surface area (Å²) < 4.78 is 0. The Morgan fingerprint density at radius 1 is 0.966 bits per heavy atom. The zero-order valence-corrected chi connectivity index (χ0v) is 17.9. The Morgan fingerprint density at radius 2 is 1.72 bits per heavy atom. The quantitative estimate of drug-likeness (QED) is 0.802. The first kappa shape index (κ1) is 19.7. The zero-order valence-electron chi connectivity index (χ0n) is 17.9. The van der Waals surface area contributed by atoms with Crippen LogP contribution in [0.15, 0.2) is 30.3 Å². The molecule has 0 aliphatic carbocycles. The minimum absolute atomic E-state index is 0.539. The molecule has 0 unspecified atom stereocenters. The largest absolute Gasteiger partial charge is 0.369 e. The van der Waals surface area contributed by atoms with Crippen molar-refractivity contribution in [2.24, 2.45) is 0 Å². The molecular formula is C24H31N5. The molecule has 2 fully saturated rings. The molecule has 5 heteroatoms. The fourth-order valence-electron chi connectivity index (χ4n) is 4.88. The molecule has 1 aromatic heterocycles. The minimum Gasteiger partial charge on any atom is -0.369 e. The van der Waals surface area contributed by atoms with Crippen molar-refractivity contribution in [2.45, 2.75) is 39.7 Å². The molecule has 5 nitrogen and oxygen atoms in total. The number of hydrogen-bond acceptors (Lipinski definition) is 5. The van der Waals surface area contributed by atoms with Crippen molar-refractivity contribution in [3.63, 3.8) is 0 Å². The highest BCUT2D eigenvalue weighted by atomic mass is 15.3. The normalized spacial score (nSPS) is 20.6. The maximum atomic E-state index is 9.66. The first-order valence-electron chi connectivity index (χ1n) is 10.7. The molecule has 0 spiro atoms. The SMILES string of the molecule is Cc1cc(C)c(C#N)c(N2CCC[C@H](N3CCN(c4ccccc4C)CC3)C2)n1. The van der Waals surface area contributed by atoms with Gasteiger partial charge in [0.05, 0.1) is 5.56 Å². The minimum atomic E-state index is 0.539. The molecule has 152 valence electrons. The summed E-state index contributed by atoms with van der Waals surface area (Å²) in [6.45, 7) is 12.5. The number of nitriles is 1. The van der Waals surface area contributed by atoms with Crippen LogP contribution in [0.3, 0.4) is 0 Å². The molecule has 2 saturated heterocycles. The van der Waals surface area contributed by atoms with Gasteiger partial charge in [0, 0.05) is 56.7 Å². The van der Waals surface area contributed by atoms with Crippen molar-refractivity contribution < 1.29 is 0 Å². The molecule has 2 aromatic rings. The van der Waals surface area contributed by atoms with E-state index in [1.807, 2.05) is 19.9 Å². The van der Waals surface area contributed by atoms with E-state index in [0.29, 0.717) is 6.04 Å². The van der Waals surface area contributed by atoms with Crippen LogP contribution < -0.4 is 9.80 Å². The average Bonchev–Trinajstić information content (AvgIpc) is 2.74. The number of nitrogens with zero attached hydrogens (tertiary/aromatic N) is 5. The summed E-state index contributed by atoms with van der Waals surface area (Å²) in [7, 11) is 0. The van der Waals surface area contributed by atoms with Crippen LogP contribution in [0.4, 0.5) is 11.5 Å². The lowest BCUT2D eigenvalue weighted by molar-refractivity contribution is 0.166. The zero-order chi connectivity index (χ0) is 20.4. The van der Waals surface area contributed by atoms with Gasteiger partial charge in [-0.1, -0.05) is 18.2 Å². The van der Waals surface area contributed by atoms with Crippen molar-refractivity contribution in [1.29, 1.82) is 5.26 Å². The molecule has 0 radical (unpaired) electrons.